The average Bonchev–Trinajstić information content (AvgIpc) is 2.88. The molecule has 86 valence electrons. The van der Waals surface area contributed by atoms with Crippen LogP contribution in [0.1, 0.15) is 51.9 Å². The highest BCUT2D eigenvalue weighted by molar-refractivity contribution is 5.68. The van der Waals surface area contributed by atoms with Crippen LogP contribution in [-0.2, 0) is 4.74 Å². The molecule has 15 heavy (non-hydrogen) atoms. The van der Waals surface area contributed by atoms with Gasteiger partial charge in [0.25, 0.3) is 0 Å². The average molecular weight is 211 g/mol. The van der Waals surface area contributed by atoms with Gasteiger partial charge in [0, 0.05) is 13.1 Å². The SMILES string of the molecule is CCC1(OC(=O)N2CCCC2)CCCC1. The summed E-state index contributed by atoms with van der Waals surface area (Å²) in [5, 5.41) is 0. The number of hydrogen-bond acceptors (Lipinski definition) is 2. The van der Waals surface area contributed by atoms with Crippen molar-refractivity contribution in [1.29, 1.82) is 0 Å². The van der Waals surface area contributed by atoms with Crippen molar-refractivity contribution in [1.82, 2.24) is 4.90 Å². The summed E-state index contributed by atoms with van der Waals surface area (Å²) in [6.07, 6.45) is 7.69. The lowest BCUT2D eigenvalue weighted by molar-refractivity contribution is -0.00506. The summed E-state index contributed by atoms with van der Waals surface area (Å²) >= 11 is 0. The normalized spacial score (nSPS) is 24.5. The van der Waals surface area contributed by atoms with Crippen molar-refractivity contribution in [2.75, 3.05) is 13.1 Å². The van der Waals surface area contributed by atoms with Crippen LogP contribution in [0.25, 0.3) is 0 Å². The summed E-state index contributed by atoms with van der Waals surface area (Å²) in [6, 6.07) is 0. The third-order valence-corrected chi connectivity index (χ3v) is 3.83. The van der Waals surface area contributed by atoms with Crippen LogP contribution in [-0.4, -0.2) is 29.7 Å². The number of nitrogens with zero attached hydrogens (tertiary/aromatic N) is 1. The molecule has 1 saturated carbocycles. The lowest BCUT2D eigenvalue weighted by Crippen LogP contribution is -2.38. The molecule has 2 rings (SSSR count). The maximum absolute atomic E-state index is 11.9. The second-order valence-corrected chi connectivity index (χ2v) is 4.81. The Labute approximate surface area is 91.8 Å². The van der Waals surface area contributed by atoms with Crippen molar-refractivity contribution >= 4 is 6.09 Å². The fraction of sp³-hybridized carbons (Fsp3) is 0.917. The monoisotopic (exact) mass is 211 g/mol. The van der Waals surface area contributed by atoms with E-state index in [2.05, 4.69) is 6.92 Å². The first kappa shape index (κ1) is 10.8. The number of ether oxygens (including phenoxy) is 1. The molecule has 1 aliphatic heterocycles. The molecule has 0 unspecified atom stereocenters. The van der Waals surface area contributed by atoms with Crippen LogP contribution in [0.3, 0.4) is 0 Å². The highest BCUT2D eigenvalue weighted by atomic mass is 16.6. The molecule has 0 aromatic heterocycles. The maximum atomic E-state index is 11.9. The van der Waals surface area contributed by atoms with Crippen molar-refractivity contribution in [2.24, 2.45) is 0 Å². The number of rotatable bonds is 2. The molecule has 1 heterocycles. The van der Waals surface area contributed by atoms with E-state index in [1.807, 2.05) is 4.90 Å². The van der Waals surface area contributed by atoms with Gasteiger partial charge in [0.1, 0.15) is 5.60 Å². The third kappa shape index (κ3) is 2.27. The molecule has 2 fully saturated rings. The molecule has 0 bridgehead atoms. The highest BCUT2D eigenvalue weighted by Gasteiger charge is 2.37. The standard InChI is InChI=1S/C12H21NO2/c1-2-12(7-3-4-8-12)15-11(14)13-9-5-6-10-13/h2-10H2,1H3. The maximum Gasteiger partial charge on any atom is 0.410 e. The Kier molecular flexibility index (Phi) is 3.17. The molecule has 1 saturated heterocycles. The molecule has 0 spiro atoms. The van der Waals surface area contributed by atoms with Crippen molar-refractivity contribution in [3.8, 4) is 0 Å². The number of carbonyl (C=O) groups is 1. The van der Waals surface area contributed by atoms with E-state index in [1.165, 1.54) is 12.8 Å². The first-order chi connectivity index (χ1) is 7.26. The number of likely N-dealkylation sites (tertiary alicyclic amines) is 1. The van der Waals surface area contributed by atoms with Gasteiger partial charge in [-0.05, 0) is 44.9 Å². The third-order valence-electron chi connectivity index (χ3n) is 3.83. The Bertz CT molecular complexity index is 228. The fourth-order valence-electron chi connectivity index (χ4n) is 2.70. The summed E-state index contributed by atoms with van der Waals surface area (Å²) < 4.78 is 5.72. The van der Waals surface area contributed by atoms with Crippen LogP contribution in [0, 0.1) is 0 Å². The van der Waals surface area contributed by atoms with Gasteiger partial charge < -0.3 is 9.64 Å². The lowest BCUT2D eigenvalue weighted by Gasteiger charge is -2.30. The van der Waals surface area contributed by atoms with E-state index in [1.54, 1.807) is 0 Å². The van der Waals surface area contributed by atoms with E-state index >= 15 is 0 Å². The van der Waals surface area contributed by atoms with Crippen LogP contribution in [0.2, 0.25) is 0 Å². The lowest BCUT2D eigenvalue weighted by atomic mass is 9.99. The van der Waals surface area contributed by atoms with Gasteiger partial charge in [0.2, 0.25) is 0 Å². The van der Waals surface area contributed by atoms with Crippen LogP contribution in [0.15, 0.2) is 0 Å². The first-order valence-electron chi connectivity index (χ1n) is 6.24. The molecule has 3 nitrogen and oxygen atoms in total. The van der Waals surface area contributed by atoms with Crippen LogP contribution in [0.5, 0.6) is 0 Å². The van der Waals surface area contributed by atoms with Crippen LogP contribution in [0.4, 0.5) is 4.79 Å². The summed E-state index contributed by atoms with van der Waals surface area (Å²) in [6.45, 7) is 3.90. The topological polar surface area (TPSA) is 29.5 Å². The zero-order valence-electron chi connectivity index (χ0n) is 9.63. The summed E-state index contributed by atoms with van der Waals surface area (Å²) in [7, 11) is 0. The van der Waals surface area contributed by atoms with Gasteiger partial charge in [-0.15, -0.1) is 0 Å². The smallest absolute Gasteiger partial charge is 0.410 e. The number of hydrogen-bond donors (Lipinski definition) is 0. The van der Waals surface area contributed by atoms with Gasteiger partial charge >= 0.3 is 6.09 Å². The molecule has 3 heteroatoms. The number of carbonyl (C=O) groups excluding carboxylic acids is 1. The molecule has 0 N–H and O–H groups in total. The first-order valence-corrected chi connectivity index (χ1v) is 6.24. The molecule has 1 aliphatic carbocycles. The van der Waals surface area contributed by atoms with Gasteiger partial charge in [-0.3, -0.25) is 0 Å². The van der Waals surface area contributed by atoms with Crippen LogP contribution < -0.4 is 0 Å². The minimum Gasteiger partial charge on any atom is -0.443 e. The van der Waals surface area contributed by atoms with E-state index in [0.717, 1.165) is 45.2 Å². The molecular weight excluding hydrogens is 190 g/mol. The van der Waals surface area contributed by atoms with Gasteiger partial charge in [0.05, 0.1) is 0 Å². The second-order valence-electron chi connectivity index (χ2n) is 4.81. The largest absolute Gasteiger partial charge is 0.443 e. The van der Waals surface area contributed by atoms with Crippen molar-refractivity contribution < 1.29 is 9.53 Å². The van der Waals surface area contributed by atoms with Gasteiger partial charge in [-0.1, -0.05) is 6.92 Å². The Morgan fingerprint density at radius 2 is 1.80 bits per heavy atom. The summed E-state index contributed by atoms with van der Waals surface area (Å²) in [5.41, 5.74) is -0.125. The fourth-order valence-corrected chi connectivity index (χ4v) is 2.70. The molecule has 0 radical (unpaired) electrons. The molecule has 1 amide bonds. The van der Waals surface area contributed by atoms with E-state index in [0.29, 0.717) is 0 Å². The minimum atomic E-state index is -0.125. The van der Waals surface area contributed by atoms with Crippen molar-refractivity contribution in [3.63, 3.8) is 0 Å². The Morgan fingerprint density at radius 1 is 1.20 bits per heavy atom. The Balaban J connectivity index is 1.91. The van der Waals surface area contributed by atoms with Gasteiger partial charge in [-0.2, -0.15) is 0 Å². The predicted molar refractivity (Wildman–Crippen MR) is 58.8 cm³/mol. The van der Waals surface area contributed by atoms with E-state index in [-0.39, 0.29) is 11.7 Å². The number of amides is 1. The molecule has 0 aromatic rings. The highest BCUT2D eigenvalue weighted by Crippen LogP contribution is 2.36. The predicted octanol–water partition coefficient (Wildman–Crippen LogP) is 2.94. The van der Waals surface area contributed by atoms with Gasteiger partial charge in [-0.25, -0.2) is 4.79 Å². The zero-order valence-corrected chi connectivity index (χ0v) is 9.63. The molecule has 0 atom stereocenters. The van der Waals surface area contributed by atoms with E-state index in [9.17, 15) is 4.79 Å². The van der Waals surface area contributed by atoms with Crippen LogP contribution >= 0.6 is 0 Å². The molecular formula is C12H21NO2. The van der Waals surface area contributed by atoms with E-state index in [4.69, 9.17) is 4.74 Å². The summed E-state index contributed by atoms with van der Waals surface area (Å²) in [5.74, 6) is 0. The molecule has 0 aromatic carbocycles. The molecule has 2 aliphatic rings. The zero-order chi connectivity index (χ0) is 10.7. The van der Waals surface area contributed by atoms with Crippen molar-refractivity contribution in [2.45, 2.75) is 57.5 Å². The quantitative estimate of drug-likeness (QED) is 0.702. The minimum absolute atomic E-state index is 0.0729. The Morgan fingerprint density at radius 3 is 2.33 bits per heavy atom. The Hall–Kier alpha value is -0.730. The van der Waals surface area contributed by atoms with E-state index < -0.39 is 0 Å². The van der Waals surface area contributed by atoms with Gasteiger partial charge in [0.15, 0.2) is 0 Å². The summed E-state index contributed by atoms with van der Waals surface area (Å²) in [4.78, 5) is 13.7. The van der Waals surface area contributed by atoms with Crippen molar-refractivity contribution in [3.05, 3.63) is 0 Å². The second kappa shape index (κ2) is 4.42.